The van der Waals surface area contributed by atoms with E-state index in [1.54, 1.807) is 7.11 Å². The summed E-state index contributed by atoms with van der Waals surface area (Å²) in [7, 11) is 0.415. The van der Waals surface area contributed by atoms with E-state index in [9.17, 15) is 0 Å². The first-order valence-corrected chi connectivity index (χ1v) is 8.94. The first kappa shape index (κ1) is 14.5. The minimum atomic E-state index is -1.30. The normalized spacial score (nSPS) is 14.3. The Hall–Kier alpha value is -0.543. The number of allylic oxidation sites excluding steroid dienone is 1. The third-order valence-electron chi connectivity index (χ3n) is 2.13. The molecule has 0 aromatic rings. The smallest absolute Gasteiger partial charge is 0.0882 e. The van der Waals surface area contributed by atoms with Gasteiger partial charge in [-0.3, -0.25) is 0 Å². The molecule has 0 fully saturated rings. The summed E-state index contributed by atoms with van der Waals surface area (Å²) >= 11 is 0. The molecule has 3 heteroatoms. The topological polar surface area (TPSA) is 18.5 Å². The molecule has 2 nitrogen and oxygen atoms in total. The van der Waals surface area contributed by atoms with Gasteiger partial charge in [-0.25, -0.2) is 0 Å². The average Bonchev–Trinajstić information content (AvgIpc) is 2.13. The Bertz CT molecular complexity index is 236. The molecule has 0 saturated carbocycles. The SMILES string of the molecule is C/C=C(/C(=C/OCC)COC)[Si](C)(C)C. The van der Waals surface area contributed by atoms with Crippen LogP contribution in [0.3, 0.4) is 0 Å². The molecular weight excluding hydrogens is 204 g/mol. The van der Waals surface area contributed by atoms with Gasteiger partial charge in [0.15, 0.2) is 0 Å². The van der Waals surface area contributed by atoms with Gasteiger partial charge in [0.2, 0.25) is 0 Å². The summed E-state index contributed by atoms with van der Waals surface area (Å²) in [6.07, 6.45) is 4.03. The maximum absolute atomic E-state index is 5.37. The van der Waals surface area contributed by atoms with Crippen LogP contribution < -0.4 is 0 Å². The first-order valence-electron chi connectivity index (χ1n) is 5.44. The minimum Gasteiger partial charge on any atom is -0.501 e. The van der Waals surface area contributed by atoms with Gasteiger partial charge in [0.25, 0.3) is 0 Å². The van der Waals surface area contributed by atoms with E-state index in [1.807, 2.05) is 13.2 Å². The van der Waals surface area contributed by atoms with Crippen LogP contribution in [0.2, 0.25) is 19.6 Å². The summed E-state index contributed by atoms with van der Waals surface area (Å²) in [5.41, 5.74) is 1.18. The van der Waals surface area contributed by atoms with E-state index >= 15 is 0 Å². The minimum absolute atomic E-state index is 0.629. The molecule has 0 aliphatic heterocycles. The Labute approximate surface area is 95.0 Å². The number of hydrogen-bond donors (Lipinski definition) is 0. The van der Waals surface area contributed by atoms with Gasteiger partial charge in [-0.1, -0.05) is 30.9 Å². The molecule has 0 saturated heterocycles. The summed E-state index contributed by atoms with van der Waals surface area (Å²) in [6.45, 7) is 12.4. The predicted molar refractivity (Wildman–Crippen MR) is 68.7 cm³/mol. The van der Waals surface area contributed by atoms with Gasteiger partial charge in [0.05, 0.1) is 27.5 Å². The molecule has 0 heterocycles. The van der Waals surface area contributed by atoms with Crippen molar-refractivity contribution in [1.29, 1.82) is 0 Å². The fraction of sp³-hybridized carbons (Fsp3) is 0.667. The van der Waals surface area contributed by atoms with Crippen molar-refractivity contribution in [2.75, 3.05) is 20.3 Å². The second-order valence-electron chi connectivity index (χ2n) is 4.48. The van der Waals surface area contributed by atoms with Crippen LogP contribution in [0, 0.1) is 0 Å². The summed E-state index contributed by atoms with van der Waals surface area (Å²) in [4.78, 5) is 0. The molecule has 0 radical (unpaired) electrons. The molecule has 0 aromatic carbocycles. The van der Waals surface area contributed by atoms with Crippen molar-refractivity contribution < 1.29 is 9.47 Å². The lowest BCUT2D eigenvalue weighted by molar-refractivity contribution is 0.216. The first-order chi connectivity index (χ1) is 6.97. The standard InChI is InChI=1S/C12H24O2Si/c1-7-12(15(4,5)6)11(9-13-3)10-14-8-2/h7,10H,8-9H2,1-6H3/b11-10+,12-7-. The molecule has 0 aliphatic rings. The van der Waals surface area contributed by atoms with Crippen molar-refractivity contribution in [3.05, 3.63) is 23.1 Å². The third-order valence-corrected chi connectivity index (χ3v) is 4.36. The van der Waals surface area contributed by atoms with Gasteiger partial charge < -0.3 is 9.47 Å². The summed E-state index contributed by atoms with van der Waals surface area (Å²) in [5.74, 6) is 0. The summed E-state index contributed by atoms with van der Waals surface area (Å²) in [6, 6.07) is 0. The predicted octanol–water partition coefficient (Wildman–Crippen LogP) is 3.38. The molecule has 0 spiro atoms. The maximum atomic E-state index is 5.37. The largest absolute Gasteiger partial charge is 0.501 e. The molecule has 88 valence electrons. The van der Waals surface area contributed by atoms with Crippen LogP contribution in [0.15, 0.2) is 23.1 Å². The summed E-state index contributed by atoms with van der Waals surface area (Å²) in [5, 5.41) is 1.41. The van der Waals surface area contributed by atoms with Gasteiger partial charge in [0, 0.05) is 12.7 Å². The van der Waals surface area contributed by atoms with E-state index in [1.165, 1.54) is 10.8 Å². The van der Waals surface area contributed by atoms with Gasteiger partial charge in [-0.05, 0) is 13.8 Å². The molecule has 15 heavy (non-hydrogen) atoms. The van der Waals surface area contributed by atoms with Crippen LogP contribution in [0.1, 0.15) is 13.8 Å². The Balaban J connectivity index is 4.88. The number of hydrogen-bond acceptors (Lipinski definition) is 2. The van der Waals surface area contributed by atoms with Crippen LogP contribution in [-0.2, 0) is 9.47 Å². The lowest BCUT2D eigenvalue weighted by Gasteiger charge is -2.23. The zero-order valence-electron chi connectivity index (χ0n) is 10.9. The number of rotatable bonds is 6. The monoisotopic (exact) mass is 228 g/mol. The quantitative estimate of drug-likeness (QED) is 0.394. The van der Waals surface area contributed by atoms with Crippen molar-refractivity contribution >= 4 is 8.07 Å². The van der Waals surface area contributed by atoms with E-state index in [-0.39, 0.29) is 0 Å². The lowest BCUT2D eigenvalue weighted by Crippen LogP contribution is -2.26. The van der Waals surface area contributed by atoms with E-state index in [2.05, 4.69) is 32.6 Å². The molecule has 0 unspecified atom stereocenters. The van der Waals surface area contributed by atoms with Gasteiger partial charge in [-0.15, -0.1) is 0 Å². The van der Waals surface area contributed by atoms with Gasteiger partial charge in [0.1, 0.15) is 0 Å². The lowest BCUT2D eigenvalue weighted by atomic mass is 10.3. The van der Waals surface area contributed by atoms with Crippen molar-refractivity contribution in [3.63, 3.8) is 0 Å². The molecule has 0 aromatic heterocycles. The van der Waals surface area contributed by atoms with Crippen molar-refractivity contribution in [3.8, 4) is 0 Å². The molecule has 0 atom stereocenters. The third kappa shape index (κ3) is 5.19. The highest BCUT2D eigenvalue weighted by Crippen LogP contribution is 2.22. The van der Waals surface area contributed by atoms with Crippen LogP contribution in [-0.4, -0.2) is 28.4 Å². The Morgan fingerprint density at radius 1 is 1.27 bits per heavy atom. The highest BCUT2D eigenvalue weighted by Gasteiger charge is 2.22. The maximum Gasteiger partial charge on any atom is 0.0882 e. The van der Waals surface area contributed by atoms with Crippen molar-refractivity contribution in [2.24, 2.45) is 0 Å². The fourth-order valence-corrected chi connectivity index (χ4v) is 3.58. The van der Waals surface area contributed by atoms with E-state index < -0.39 is 8.07 Å². The Morgan fingerprint density at radius 2 is 1.87 bits per heavy atom. The van der Waals surface area contributed by atoms with Crippen LogP contribution in [0.4, 0.5) is 0 Å². The molecule has 0 rings (SSSR count). The average molecular weight is 228 g/mol. The van der Waals surface area contributed by atoms with E-state index in [4.69, 9.17) is 9.47 Å². The van der Waals surface area contributed by atoms with Gasteiger partial charge >= 0.3 is 0 Å². The number of methoxy groups -OCH3 is 1. The van der Waals surface area contributed by atoms with E-state index in [0.717, 1.165) is 0 Å². The second-order valence-corrected chi connectivity index (χ2v) is 9.52. The highest BCUT2D eigenvalue weighted by atomic mass is 28.3. The zero-order chi connectivity index (χ0) is 11.9. The molecule has 0 bridgehead atoms. The van der Waals surface area contributed by atoms with Crippen molar-refractivity contribution in [2.45, 2.75) is 33.5 Å². The van der Waals surface area contributed by atoms with Crippen LogP contribution in [0.5, 0.6) is 0 Å². The van der Waals surface area contributed by atoms with Gasteiger partial charge in [-0.2, -0.15) is 0 Å². The molecule has 0 aliphatic carbocycles. The van der Waals surface area contributed by atoms with E-state index in [0.29, 0.717) is 13.2 Å². The number of ether oxygens (including phenoxy) is 2. The highest BCUT2D eigenvalue weighted by molar-refractivity contribution is 6.84. The van der Waals surface area contributed by atoms with Crippen LogP contribution >= 0.6 is 0 Å². The Morgan fingerprint density at radius 3 is 2.20 bits per heavy atom. The van der Waals surface area contributed by atoms with Crippen molar-refractivity contribution in [1.82, 2.24) is 0 Å². The fourth-order valence-electron chi connectivity index (χ4n) is 1.61. The zero-order valence-corrected chi connectivity index (χ0v) is 11.9. The van der Waals surface area contributed by atoms with Crippen LogP contribution in [0.25, 0.3) is 0 Å². The molecular formula is C12H24O2Si. The molecule has 0 N–H and O–H groups in total. The Kier molecular flexibility index (Phi) is 6.60. The summed E-state index contributed by atoms with van der Waals surface area (Å²) < 4.78 is 10.6. The second kappa shape index (κ2) is 6.85. The molecule has 0 amide bonds.